The smallest absolute Gasteiger partial charge is 0.322 e. The molecule has 0 radical (unpaired) electrons. The van der Waals surface area contributed by atoms with Gasteiger partial charge in [0.2, 0.25) is 0 Å². The number of ether oxygens (including phenoxy) is 1. The maximum absolute atomic E-state index is 11.5. The highest BCUT2D eigenvalue weighted by Crippen LogP contribution is 2.13. The van der Waals surface area contributed by atoms with Gasteiger partial charge in [-0.05, 0) is 18.6 Å². The third kappa shape index (κ3) is 16.6. The summed E-state index contributed by atoms with van der Waals surface area (Å²) < 4.78 is 5.17. The molecule has 0 unspecified atom stereocenters. The van der Waals surface area contributed by atoms with E-state index in [4.69, 9.17) is 10.5 Å². The molecule has 0 fully saturated rings. The first kappa shape index (κ1) is 23.8. The van der Waals surface area contributed by atoms with E-state index in [0.717, 1.165) is 12.8 Å². The quantitative estimate of drug-likeness (QED) is 0.189. The first-order chi connectivity index (χ1) is 11.7. The van der Waals surface area contributed by atoms with E-state index in [0.29, 0.717) is 18.8 Å². The molecule has 0 amide bonds. The van der Waals surface area contributed by atoms with Crippen molar-refractivity contribution in [3.05, 3.63) is 0 Å². The van der Waals surface area contributed by atoms with E-state index in [2.05, 4.69) is 19.6 Å². The number of carbonyl (C=O) groups is 1. The Labute approximate surface area is 155 Å². The fourth-order valence-corrected chi connectivity index (χ4v) is 3.11. The Morgan fingerprint density at radius 3 is 1.67 bits per heavy atom. The Morgan fingerprint density at radius 2 is 1.25 bits per heavy atom. The minimum Gasteiger partial charge on any atom is -0.465 e. The van der Waals surface area contributed by atoms with Gasteiger partial charge < -0.3 is 10.5 Å². The summed E-state index contributed by atoms with van der Waals surface area (Å²) in [7, 11) is 0. The van der Waals surface area contributed by atoms with Gasteiger partial charge in [0, 0.05) is 0 Å². The van der Waals surface area contributed by atoms with E-state index in [-0.39, 0.29) is 5.97 Å². The SMILES string of the molecule is CCCCCCCCCCCCCCCCOC(=O)[C@@H](N)CCS. The molecule has 1 atom stereocenters. The van der Waals surface area contributed by atoms with Crippen LogP contribution in [0.2, 0.25) is 0 Å². The van der Waals surface area contributed by atoms with E-state index in [1.807, 2.05) is 0 Å². The van der Waals surface area contributed by atoms with Crippen LogP contribution in [0.3, 0.4) is 0 Å². The number of hydrogen-bond donors (Lipinski definition) is 2. The molecule has 0 aliphatic carbocycles. The minimum atomic E-state index is -0.505. The molecule has 0 saturated heterocycles. The van der Waals surface area contributed by atoms with Crippen LogP contribution in [0.1, 0.15) is 103 Å². The van der Waals surface area contributed by atoms with E-state index in [9.17, 15) is 4.79 Å². The summed E-state index contributed by atoms with van der Waals surface area (Å²) in [6.07, 6.45) is 19.2. The molecule has 0 aromatic carbocycles. The van der Waals surface area contributed by atoms with Crippen molar-refractivity contribution in [2.75, 3.05) is 12.4 Å². The summed E-state index contributed by atoms with van der Waals surface area (Å²) in [5.74, 6) is 0.341. The summed E-state index contributed by atoms with van der Waals surface area (Å²) in [6, 6.07) is -0.505. The Bertz CT molecular complexity index is 274. The standard InChI is InChI=1S/C20H41NO2S/c1-2-3-4-5-6-7-8-9-10-11-12-13-14-15-17-23-20(22)19(21)16-18-24/h19,24H,2-18,21H2,1H3/t19-/m0/s1. The van der Waals surface area contributed by atoms with Crippen molar-refractivity contribution in [1.82, 2.24) is 0 Å². The predicted molar refractivity (Wildman–Crippen MR) is 108 cm³/mol. The monoisotopic (exact) mass is 359 g/mol. The van der Waals surface area contributed by atoms with Crippen molar-refractivity contribution < 1.29 is 9.53 Å². The van der Waals surface area contributed by atoms with Gasteiger partial charge in [0.15, 0.2) is 0 Å². The van der Waals surface area contributed by atoms with Gasteiger partial charge in [-0.25, -0.2) is 0 Å². The maximum Gasteiger partial charge on any atom is 0.322 e. The number of rotatable bonds is 18. The Hall–Kier alpha value is -0.220. The maximum atomic E-state index is 11.5. The van der Waals surface area contributed by atoms with Gasteiger partial charge in [0.05, 0.1) is 6.61 Å². The van der Waals surface area contributed by atoms with Crippen molar-refractivity contribution in [2.45, 2.75) is 109 Å². The number of esters is 1. The molecule has 24 heavy (non-hydrogen) atoms. The van der Waals surface area contributed by atoms with E-state index in [1.165, 1.54) is 77.0 Å². The van der Waals surface area contributed by atoms with Crippen molar-refractivity contribution >= 4 is 18.6 Å². The summed E-state index contributed by atoms with van der Waals surface area (Å²) in [5, 5.41) is 0. The number of thiol groups is 1. The second-order valence-corrected chi connectivity index (χ2v) is 7.33. The zero-order valence-corrected chi connectivity index (χ0v) is 16.8. The van der Waals surface area contributed by atoms with Crippen LogP contribution in [-0.2, 0) is 9.53 Å². The molecule has 2 N–H and O–H groups in total. The fourth-order valence-electron chi connectivity index (χ4n) is 2.83. The highest BCUT2D eigenvalue weighted by Gasteiger charge is 2.13. The topological polar surface area (TPSA) is 52.3 Å². The van der Waals surface area contributed by atoms with Gasteiger partial charge in [0.1, 0.15) is 6.04 Å². The summed E-state index contributed by atoms with van der Waals surface area (Å²) in [6.45, 7) is 2.78. The Morgan fingerprint density at radius 1 is 0.833 bits per heavy atom. The third-order valence-electron chi connectivity index (χ3n) is 4.49. The summed E-state index contributed by atoms with van der Waals surface area (Å²) in [4.78, 5) is 11.5. The average molecular weight is 360 g/mol. The molecule has 0 spiro atoms. The molecular formula is C20H41NO2S. The van der Waals surface area contributed by atoms with Crippen molar-refractivity contribution in [3.8, 4) is 0 Å². The molecule has 144 valence electrons. The van der Waals surface area contributed by atoms with E-state index >= 15 is 0 Å². The lowest BCUT2D eigenvalue weighted by atomic mass is 10.0. The highest BCUT2D eigenvalue weighted by atomic mass is 32.1. The molecule has 0 rings (SSSR count). The number of carbonyl (C=O) groups excluding carboxylic acids is 1. The van der Waals surface area contributed by atoms with Gasteiger partial charge in [-0.1, -0.05) is 90.4 Å². The lowest BCUT2D eigenvalue weighted by Gasteiger charge is -2.10. The lowest BCUT2D eigenvalue weighted by molar-refractivity contribution is -0.145. The molecule has 0 bridgehead atoms. The van der Waals surface area contributed by atoms with Crippen LogP contribution < -0.4 is 5.73 Å². The van der Waals surface area contributed by atoms with Gasteiger partial charge in [-0.2, -0.15) is 12.6 Å². The first-order valence-corrected chi connectivity index (χ1v) is 10.9. The van der Waals surface area contributed by atoms with Crippen LogP contribution in [0.25, 0.3) is 0 Å². The molecule has 4 heteroatoms. The molecule has 3 nitrogen and oxygen atoms in total. The summed E-state index contributed by atoms with van der Waals surface area (Å²) in [5.41, 5.74) is 5.66. The Kier molecular flexibility index (Phi) is 18.9. The largest absolute Gasteiger partial charge is 0.465 e. The predicted octanol–water partition coefficient (Wildman–Crippen LogP) is 5.66. The van der Waals surface area contributed by atoms with Crippen molar-refractivity contribution in [1.29, 1.82) is 0 Å². The number of hydrogen-bond acceptors (Lipinski definition) is 4. The van der Waals surface area contributed by atoms with Crippen LogP contribution in [0.5, 0.6) is 0 Å². The van der Waals surface area contributed by atoms with E-state index < -0.39 is 6.04 Å². The fraction of sp³-hybridized carbons (Fsp3) is 0.950. The third-order valence-corrected chi connectivity index (χ3v) is 4.74. The van der Waals surface area contributed by atoms with Crippen molar-refractivity contribution in [3.63, 3.8) is 0 Å². The van der Waals surface area contributed by atoms with Crippen LogP contribution in [0.4, 0.5) is 0 Å². The van der Waals surface area contributed by atoms with Gasteiger partial charge in [0.25, 0.3) is 0 Å². The Balaban J connectivity index is 3.14. The average Bonchev–Trinajstić information content (AvgIpc) is 2.58. The zero-order valence-electron chi connectivity index (χ0n) is 15.9. The lowest BCUT2D eigenvalue weighted by Crippen LogP contribution is -2.32. The molecule has 0 heterocycles. The second kappa shape index (κ2) is 19.1. The van der Waals surface area contributed by atoms with Gasteiger partial charge >= 0.3 is 5.97 Å². The molecule has 0 aliphatic rings. The number of unbranched alkanes of at least 4 members (excludes halogenated alkanes) is 13. The number of nitrogens with two attached hydrogens (primary N) is 1. The molecule has 0 aromatic rings. The normalized spacial score (nSPS) is 12.3. The van der Waals surface area contributed by atoms with Crippen LogP contribution in [-0.4, -0.2) is 24.4 Å². The van der Waals surface area contributed by atoms with Gasteiger partial charge in [-0.15, -0.1) is 0 Å². The second-order valence-electron chi connectivity index (χ2n) is 6.88. The van der Waals surface area contributed by atoms with Crippen LogP contribution in [0, 0.1) is 0 Å². The molecule has 0 aliphatic heterocycles. The first-order valence-electron chi connectivity index (χ1n) is 10.3. The van der Waals surface area contributed by atoms with E-state index in [1.54, 1.807) is 0 Å². The van der Waals surface area contributed by atoms with Crippen LogP contribution in [0.15, 0.2) is 0 Å². The van der Waals surface area contributed by atoms with Crippen LogP contribution >= 0.6 is 12.6 Å². The van der Waals surface area contributed by atoms with Gasteiger partial charge in [-0.3, -0.25) is 4.79 Å². The minimum absolute atomic E-state index is 0.279. The zero-order chi connectivity index (χ0) is 17.9. The highest BCUT2D eigenvalue weighted by molar-refractivity contribution is 7.80. The molecule has 0 saturated carbocycles. The molecule has 0 aromatic heterocycles. The molecular weight excluding hydrogens is 318 g/mol. The summed E-state index contributed by atoms with van der Waals surface area (Å²) >= 11 is 4.07. The van der Waals surface area contributed by atoms with Crippen molar-refractivity contribution in [2.24, 2.45) is 5.73 Å².